The molecule has 0 N–H and O–H groups in total. The second kappa shape index (κ2) is 17.0. The van der Waals surface area contributed by atoms with Crippen molar-refractivity contribution in [2.75, 3.05) is 19.4 Å². The maximum atomic E-state index is 5.91. The summed E-state index contributed by atoms with van der Waals surface area (Å²) in [5.41, 5.74) is 4.26. The van der Waals surface area contributed by atoms with Gasteiger partial charge < -0.3 is 9.47 Å². The molecule has 0 radical (unpaired) electrons. The van der Waals surface area contributed by atoms with E-state index in [0.717, 1.165) is 32.5 Å². The van der Waals surface area contributed by atoms with E-state index in [1.165, 1.54) is 61.4 Å². The molecule has 0 saturated carbocycles. The molecule has 0 heterocycles. The minimum Gasteiger partial charge on any atom is -0.353 e. The van der Waals surface area contributed by atoms with Crippen LogP contribution in [0.25, 0.3) is 0 Å². The molecule has 0 unspecified atom stereocenters. The smallest absolute Gasteiger partial charge is 0.157 e. The molecule has 0 spiro atoms. The monoisotopic (exact) mass is 547 g/mol. The Morgan fingerprint density at radius 2 is 0.923 bits per heavy atom. The number of unbranched alkanes of at least 4 members (excludes halogenated alkanes) is 5. The Morgan fingerprint density at radius 3 is 1.33 bits per heavy atom. The minimum atomic E-state index is -1.80. The summed E-state index contributed by atoms with van der Waals surface area (Å²) in [5.74, 6) is 0. The first-order chi connectivity index (χ1) is 19.0. The first kappa shape index (κ1) is 31.5. The zero-order valence-electron chi connectivity index (χ0n) is 25.3. The van der Waals surface area contributed by atoms with Gasteiger partial charge in [0.05, 0.1) is 6.16 Å². The van der Waals surface area contributed by atoms with Crippen molar-refractivity contribution in [2.45, 2.75) is 98.7 Å². The van der Waals surface area contributed by atoms with Crippen molar-refractivity contribution in [3.8, 4) is 0 Å². The van der Waals surface area contributed by atoms with Gasteiger partial charge in [-0.2, -0.15) is 0 Å². The summed E-state index contributed by atoms with van der Waals surface area (Å²) < 4.78 is 11.8. The first-order valence-electron chi connectivity index (χ1n) is 15.3. The molecule has 0 saturated heterocycles. The van der Waals surface area contributed by atoms with Gasteiger partial charge in [-0.25, -0.2) is 0 Å². The highest BCUT2D eigenvalue weighted by atomic mass is 31.2. The average Bonchev–Trinajstić information content (AvgIpc) is 2.95. The van der Waals surface area contributed by atoms with Gasteiger partial charge in [-0.3, -0.25) is 0 Å². The molecular formula is C36H52O2P+. The zero-order valence-corrected chi connectivity index (χ0v) is 26.1. The molecule has 3 aromatic carbocycles. The fourth-order valence-corrected chi connectivity index (χ4v) is 11.1. The lowest BCUT2D eigenvalue weighted by molar-refractivity contribution is -0.146. The second-order valence-corrected chi connectivity index (χ2v) is 14.5. The predicted molar refractivity (Wildman–Crippen MR) is 173 cm³/mol. The van der Waals surface area contributed by atoms with E-state index in [4.69, 9.17) is 9.47 Å². The van der Waals surface area contributed by atoms with E-state index < -0.39 is 7.26 Å². The third-order valence-corrected chi connectivity index (χ3v) is 12.7. The van der Waals surface area contributed by atoms with Gasteiger partial charge in [-0.05, 0) is 94.2 Å². The molecule has 0 aromatic heterocycles. The lowest BCUT2D eigenvalue weighted by atomic mass is 10.1. The van der Waals surface area contributed by atoms with Gasteiger partial charge in [0.2, 0.25) is 0 Å². The molecule has 0 amide bonds. The largest absolute Gasteiger partial charge is 0.353 e. The highest BCUT2D eigenvalue weighted by Crippen LogP contribution is 2.58. The number of aryl methyl sites for hydroxylation is 3. The van der Waals surface area contributed by atoms with Gasteiger partial charge in [-0.1, -0.05) is 87.7 Å². The first-order valence-corrected chi connectivity index (χ1v) is 17.3. The van der Waals surface area contributed by atoms with E-state index >= 15 is 0 Å². The second-order valence-electron chi connectivity index (χ2n) is 11.0. The van der Waals surface area contributed by atoms with Crippen molar-refractivity contribution in [1.82, 2.24) is 0 Å². The summed E-state index contributed by atoms with van der Waals surface area (Å²) in [7, 11) is -1.80. The number of benzene rings is 3. The van der Waals surface area contributed by atoms with E-state index in [1.54, 1.807) is 15.9 Å². The van der Waals surface area contributed by atoms with Crippen LogP contribution in [0.5, 0.6) is 0 Å². The van der Waals surface area contributed by atoms with Crippen LogP contribution in [0.1, 0.15) is 88.3 Å². The summed E-state index contributed by atoms with van der Waals surface area (Å²) >= 11 is 0. The molecule has 0 aliphatic rings. The molecule has 3 heteroatoms. The van der Waals surface area contributed by atoms with Crippen molar-refractivity contribution in [2.24, 2.45) is 0 Å². The van der Waals surface area contributed by atoms with E-state index in [0.29, 0.717) is 0 Å². The third kappa shape index (κ3) is 8.75. The van der Waals surface area contributed by atoms with Gasteiger partial charge in [0.25, 0.3) is 0 Å². The summed E-state index contributed by atoms with van der Waals surface area (Å²) in [6.07, 6.45) is 11.9. The molecule has 212 valence electrons. The normalized spacial score (nSPS) is 11.8. The van der Waals surface area contributed by atoms with Crippen molar-refractivity contribution in [1.29, 1.82) is 0 Å². The number of hydrogen-bond donors (Lipinski definition) is 0. The molecule has 3 aromatic rings. The van der Waals surface area contributed by atoms with Gasteiger partial charge in [0.1, 0.15) is 23.2 Å². The lowest BCUT2D eigenvalue weighted by Crippen LogP contribution is -2.37. The number of hydrogen-bond acceptors (Lipinski definition) is 2. The highest BCUT2D eigenvalue weighted by molar-refractivity contribution is 7.96. The Labute approximate surface area is 239 Å². The lowest BCUT2D eigenvalue weighted by Gasteiger charge is -2.31. The van der Waals surface area contributed by atoms with Crippen LogP contribution in [0.4, 0.5) is 0 Å². The number of ether oxygens (including phenoxy) is 2. The average molecular weight is 548 g/mol. The van der Waals surface area contributed by atoms with Crippen LogP contribution in [0.15, 0.2) is 72.8 Å². The minimum absolute atomic E-state index is 0.0207. The van der Waals surface area contributed by atoms with Crippen molar-refractivity contribution in [3.05, 3.63) is 89.5 Å². The molecule has 0 aliphatic heterocycles. The van der Waals surface area contributed by atoms with Crippen LogP contribution in [0.2, 0.25) is 0 Å². The van der Waals surface area contributed by atoms with E-state index in [1.807, 2.05) is 0 Å². The topological polar surface area (TPSA) is 18.5 Å². The summed E-state index contributed by atoms with van der Waals surface area (Å²) in [6, 6.07) is 27.5. The molecule has 39 heavy (non-hydrogen) atoms. The van der Waals surface area contributed by atoms with E-state index in [2.05, 4.69) is 107 Å². The fourth-order valence-electron chi connectivity index (χ4n) is 5.81. The maximum Gasteiger partial charge on any atom is 0.157 e. The molecule has 0 aliphatic carbocycles. The Balaban J connectivity index is 1.71. The summed E-state index contributed by atoms with van der Waals surface area (Å²) in [6.45, 7) is 12.8. The fraction of sp³-hybridized carbons (Fsp3) is 0.500. The Bertz CT molecular complexity index is 990. The standard InChI is InChI=1S/C36H52O2P/c1-6-27-37-36(38-28-7-2)26-12-10-8-9-11-19-29-39(33-23-16-13-20-30(33)3,34-24-17-14-21-31(34)4)35-25-18-15-22-32(35)5/h13-18,20-25,36H,6-12,19,26-29H2,1-5H3/q+1. The van der Waals surface area contributed by atoms with Crippen molar-refractivity contribution < 1.29 is 9.47 Å². The highest BCUT2D eigenvalue weighted by Gasteiger charge is 2.47. The molecule has 0 fully saturated rings. The number of rotatable bonds is 18. The Kier molecular flexibility index (Phi) is 13.7. The molecule has 3 rings (SSSR count). The molecule has 0 atom stereocenters. The van der Waals surface area contributed by atoms with Crippen molar-refractivity contribution >= 4 is 23.2 Å². The van der Waals surface area contributed by atoms with Crippen LogP contribution < -0.4 is 15.9 Å². The molecule has 0 bridgehead atoms. The Hall–Kier alpha value is -1.99. The predicted octanol–water partition coefficient (Wildman–Crippen LogP) is 8.82. The molecule has 2 nitrogen and oxygen atoms in total. The van der Waals surface area contributed by atoms with Gasteiger partial charge in [-0.15, -0.1) is 0 Å². The molecular weight excluding hydrogens is 495 g/mol. The Morgan fingerprint density at radius 1 is 0.538 bits per heavy atom. The van der Waals surface area contributed by atoms with Gasteiger partial charge in [0, 0.05) is 13.2 Å². The summed E-state index contributed by atoms with van der Waals surface area (Å²) in [4.78, 5) is 0. The van der Waals surface area contributed by atoms with Crippen molar-refractivity contribution in [3.63, 3.8) is 0 Å². The van der Waals surface area contributed by atoms with Crippen LogP contribution in [-0.2, 0) is 9.47 Å². The van der Waals surface area contributed by atoms with Crippen LogP contribution in [-0.4, -0.2) is 25.7 Å². The summed E-state index contributed by atoms with van der Waals surface area (Å²) in [5, 5.41) is 4.66. The zero-order chi connectivity index (χ0) is 27.9. The van der Waals surface area contributed by atoms with Crippen LogP contribution in [0, 0.1) is 20.8 Å². The quantitative estimate of drug-likeness (QED) is 0.0900. The van der Waals surface area contributed by atoms with E-state index in [9.17, 15) is 0 Å². The maximum absolute atomic E-state index is 5.91. The van der Waals surface area contributed by atoms with Gasteiger partial charge in [0.15, 0.2) is 6.29 Å². The van der Waals surface area contributed by atoms with Crippen LogP contribution >= 0.6 is 7.26 Å². The van der Waals surface area contributed by atoms with E-state index in [-0.39, 0.29) is 6.29 Å². The van der Waals surface area contributed by atoms with Crippen LogP contribution in [0.3, 0.4) is 0 Å². The van der Waals surface area contributed by atoms with Gasteiger partial charge >= 0.3 is 0 Å². The third-order valence-electron chi connectivity index (χ3n) is 7.78. The SMILES string of the molecule is CCCOC(CCCCCCCC[P+](c1ccccc1C)(c1ccccc1C)c1ccccc1C)OCCC.